The Morgan fingerprint density at radius 3 is 0.636 bits per heavy atom. The van der Waals surface area contributed by atoms with Gasteiger partial charge in [-0.3, -0.25) is 0 Å². The summed E-state index contributed by atoms with van der Waals surface area (Å²) in [5.74, 6) is 0. The van der Waals surface area contributed by atoms with Crippen molar-refractivity contribution in [1.82, 2.24) is 0 Å². The van der Waals surface area contributed by atoms with E-state index in [4.69, 9.17) is 9.73 Å². The number of rotatable bonds is 0. The second kappa shape index (κ2) is 5470. The van der Waals surface area contributed by atoms with E-state index in [1.807, 2.05) is 0 Å². The minimum atomic E-state index is -0.500. The van der Waals surface area contributed by atoms with Crippen molar-refractivity contribution in [2.24, 2.45) is 0 Å². The molecule has 0 aliphatic rings. The van der Waals surface area contributed by atoms with Crippen LogP contribution in [0.4, 0.5) is 0 Å². The van der Waals surface area contributed by atoms with Crippen LogP contribution in [0.1, 0.15) is 0 Å². The summed E-state index contributed by atoms with van der Waals surface area (Å²) >= 11 is 0. The van der Waals surface area contributed by atoms with Crippen molar-refractivity contribution in [2.45, 2.75) is 0 Å². The number of hydrogen-bond donors (Lipinski definition) is 0. The van der Waals surface area contributed by atoms with Crippen LogP contribution in [-0.2, 0) is 4.70 Å². The van der Waals surface area contributed by atoms with Gasteiger partial charge in [-0.15, -0.1) is 0 Å². The van der Waals surface area contributed by atoms with Gasteiger partial charge in [0, 0.05) is 0 Å². The normalized spacial score (nSPS) is 0.727. The Hall–Kier alpha value is -0.655. The van der Waals surface area contributed by atoms with Crippen molar-refractivity contribution in [3.63, 3.8) is 0 Å². The summed E-state index contributed by atoms with van der Waals surface area (Å²) < 4.78 is 8.25. The van der Waals surface area contributed by atoms with E-state index in [1.165, 1.54) is 0 Å². The van der Waals surface area contributed by atoms with Crippen molar-refractivity contribution in [3.05, 3.63) is 0 Å². The van der Waals surface area contributed by atoms with Crippen LogP contribution in [0.3, 0.4) is 0 Å². The van der Waals surface area contributed by atoms with Crippen LogP contribution in [-0.4, -0.2) is 51.2 Å². The molecule has 0 atom stereocenters. The first-order chi connectivity index (χ1) is 1.41. The third-order valence-electron chi connectivity index (χ3n) is 0. The summed E-state index contributed by atoms with van der Waals surface area (Å²) in [5.41, 5.74) is 0. The van der Waals surface area contributed by atoms with Crippen molar-refractivity contribution in [1.29, 1.82) is 0 Å². The molecule has 0 aromatic heterocycles. The van der Waals surface area contributed by atoms with E-state index in [2.05, 4.69) is 0 Å². The van der Waals surface area contributed by atoms with Gasteiger partial charge in [-0.2, -0.15) is 0 Å². The summed E-state index contributed by atoms with van der Waals surface area (Å²) in [4.78, 5) is 0. The summed E-state index contributed by atoms with van der Waals surface area (Å²) in [6, 6.07) is 0. The van der Waals surface area contributed by atoms with E-state index in [0.29, 0.717) is 0 Å². The van der Waals surface area contributed by atoms with E-state index in [0.717, 1.165) is 0 Å². The first-order valence-corrected chi connectivity index (χ1v) is 0.471. The van der Waals surface area contributed by atoms with Crippen LogP contribution < -0.4 is 5.02 Å². The Balaban J connectivity index is -0.000000000714. The van der Waals surface area contributed by atoms with E-state index >= 15 is 0 Å². The van der Waals surface area contributed by atoms with Gasteiger partial charge in [0.15, 0.2) is 0 Å². The predicted octanol–water partition coefficient (Wildman–Crippen LogP) is -8.29. The fourth-order valence-corrected chi connectivity index (χ4v) is 0. The molecule has 0 aliphatic carbocycles. The molecule has 0 rings (SSSR count). The van der Waals surface area contributed by atoms with Crippen molar-refractivity contribution >= 4 is 7.35 Å². The number of hydrogen-bond acceptors (Lipinski definition) is 2. The van der Waals surface area contributed by atoms with E-state index < -0.39 is 7.35 Å². The Bertz CT molecular complexity index is 12.3. The third-order valence-corrected chi connectivity index (χ3v) is 0. The topological polar surface area (TPSA) is 292 Å². The Kier molecular flexibility index (Phi) is 248000. The Morgan fingerprint density at radius 1 is 0.636 bits per heavy atom. The fourth-order valence-electron chi connectivity index (χ4n) is 0. The van der Waals surface area contributed by atoms with Crippen LogP contribution in [0.2, 0.25) is 0 Å². The van der Waals surface area contributed by atoms with Gasteiger partial charge in [-0.1, -0.05) is 0 Å². The van der Waals surface area contributed by atoms with E-state index in [1.54, 1.807) is 0 Å². The van der Waals surface area contributed by atoms with E-state index in [9.17, 15) is 0 Å². The molecule has 0 heterocycles. The quantitative estimate of drug-likeness (QED) is 0.333. The summed E-state index contributed by atoms with van der Waals surface area (Å²) in [7, 11) is -0.500. The van der Waals surface area contributed by atoms with Crippen molar-refractivity contribution in [2.75, 3.05) is 0 Å². The van der Waals surface area contributed by atoms with Gasteiger partial charge in [-0.25, -0.2) is 0 Å². The first-order valence-electron chi connectivity index (χ1n) is 0.471. The molecule has 0 saturated heterocycles. The summed E-state index contributed by atoms with van der Waals surface area (Å²) in [5, 5.41) is 8.25. The zero-order valence-electron chi connectivity index (χ0n) is 5.39. The van der Waals surface area contributed by atoms with Gasteiger partial charge >= 0.3 is 17.1 Å². The molecule has 0 fully saturated rings. The van der Waals surface area contributed by atoms with Gasteiger partial charge in [0.2, 0.25) is 0 Å². The van der Waals surface area contributed by atoms with E-state index in [-0.39, 0.29) is 43.8 Å². The molecule has 0 saturated carbocycles. The monoisotopic (exact) mass is 187 g/mol. The Labute approximate surface area is 62.2 Å². The van der Waals surface area contributed by atoms with Crippen LogP contribution in [0.5, 0.6) is 0 Å². The predicted molar refractivity (Wildman–Crippen MR) is 35.4 cm³/mol. The van der Waals surface area contributed by atoms with Crippen LogP contribution in [0.25, 0.3) is 0 Å². The van der Waals surface area contributed by atoms with Gasteiger partial charge in [-0.05, 0) is 0 Å². The minimum absolute atomic E-state index is 0. The van der Waals surface area contributed by atoms with Crippen molar-refractivity contribution in [3.8, 4) is 0 Å². The van der Waals surface area contributed by atoms with Gasteiger partial charge < -0.3 is 43.8 Å². The van der Waals surface area contributed by atoms with Gasteiger partial charge in [0.05, 0.1) is 0 Å². The molecular formula is H16BO10-. The maximum absolute atomic E-state index is 8.25. The molecule has 0 unspecified atom stereocenters. The molecule has 0 aromatic carbocycles. The molecule has 16 N–H and O–H groups in total. The Morgan fingerprint density at radius 2 is 0.636 bits per heavy atom. The fraction of sp³-hybridized carbons (Fsp3) is 0. The molecule has 0 aliphatic heterocycles. The second-order valence-corrected chi connectivity index (χ2v) is 0.0962. The molecule has 11 heteroatoms. The molecule has 0 amide bonds. The van der Waals surface area contributed by atoms with Crippen LogP contribution in [0, 0.1) is 0 Å². The van der Waals surface area contributed by atoms with Crippen molar-refractivity contribution < 1.29 is 53.5 Å². The second-order valence-electron chi connectivity index (χ2n) is 0.0962. The average molecular weight is 187 g/mol. The molecular weight excluding hydrogens is 171 g/mol. The average Bonchev–Trinajstić information content (AvgIpc) is 0.918. The molecule has 11 heavy (non-hydrogen) atoms. The molecule has 80 valence electrons. The van der Waals surface area contributed by atoms with Crippen LogP contribution in [0.15, 0.2) is 0 Å². The molecule has 0 spiro atoms. The van der Waals surface area contributed by atoms with Gasteiger partial charge in [0.25, 0.3) is 0 Å². The molecule has 0 radical (unpaired) electrons. The summed E-state index contributed by atoms with van der Waals surface area (Å²) in [6.07, 6.45) is 0. The van der Waals surface area contributed by atoms with Crippen LogP contribution >= 0.6 is 0 Å². The zero-order valence-corrected chi connectivity index (χ0v) is 5.39. The SMILES string of the molecule is O.O.O.O.O.O.O.O.O=B[O-]. The maximum atomic E-state index is 8.25. The molecule has 0 bridgehead atoms. The van der Waals surface area contributed by atoms with Gasteiger partial charge in [0.1, 0.15) is 0 Å². The third kappa shape index (κ3) is 1170. The zero-order chi connectivity index (χ0) is 2.71. The molecule has 0 aromatic rings. The summed E-state index contributed by atoms with van der Waals surface area (Å²) in [6.45, 7) is 0. The first kappa shape index (κ1) is 499. The standard InChI is InChI=1S/BO2.8H2O/c2-1-3;;;;;;;;/h;8*1H2/q-1;;;;;;;;. The molecule has 10 nitrogen and oxygen atoms in total.